The van der Waals surface area contributed by atoms with E-state index in [1.807, 2.05) is 57.2 Å². The highest BCUT2D eigenvalue weighted by molar-refractivity contribution is 5.95. The zero-order chi connectivity index (χ0) is 21.2. The first-order valence-corrected chi connectivity index (χ1v) is 9.64. The Labute approximate surface area is 170 Å². The van der Waals surface area contributed by atoms with Crippen LogP contribution in [0, 0.1) is 5.41 Å². The number of carboxylic acid groups (broad SMARTS) is 1. The zero-order valence-electron chi connectivity index (χ0n) is 16.9. The van der Waals surface area contributed by atoms with Crippen molar-refractivity contribution in [3.8, 4) is 0 Å². The predicted molar refractivity (Wildman–Crippen MR) is 109 cm³/mol. The van der Waals surface area contributed by atoms with Crippen molar-refractivity contribution in [3.63, 3.8) is 0 Å². The molecule has 0 spiro atoms. The summed E-state index contributed by atoms with van der Waals surface area (Å²) in [6, 6.07) is 14.4. The van der Waals surface area contributed by atoms with Crippen LogP contribution in [0.1, 0.15) is 53.7 Å². The maximum Gasteiger partial charge on any atom is 0.312 e. The van der Waals surface area contributed by atoms with Gasteiger partial charge < -0.3 is 15.3 Å². The number of benzene rings is 2. The number of nitrogens with zero attached hydrogens (tertiary/aromatic N) is 1. The normalized spacial score (nSPS) is 16.1. The van der Waals surface area contributed by atoms with E-state index in [0.29, 0.717) is 18.7 Å². The lowest BCUT2D eigenvalue weighted by molar-refractivity contribution is -0.139. The van der Waals surface area contributed by atoms with Crippen molar-refractivity contribution >= 4 is 17.8 Å². The van der Waals surface area contributed by atoms with Crippen LogP contribution in [0.15, 0.2) is 48.5 Å². The van der Waals surface area contributed by atoms with Crippen molar-refractivity contribution in [1.82, 2.24) is 10.2 Å². The summed E-state index contributed by atoms with van der Waals surface area (Å²) in [5.74, 6) is -1.89. The lowest BCUT2D eigenvalue weighted by atomic mass is 9.89. The Bertz CT molecular complexity index is 929. The second-order valence-corrected chi connectivity index (χ2v) is 8.40. The van der Waals surface area contributed by atoms with Gasteiger partial charge in [-0.05, 0) is 28.8 Å². The van der Waals surface area contributed by atoms with E-state index in [4.69, 9.17) is 0 Å². The second kappa shape index (κ2) is 8.07. The fourth-order valence-electron chi connectivity index (χ4n) is 3.37. The first-order chi connectivity index (χ1) is 13.7. The largest absolute Gasteiger partial charge is 0.481 e. The van der Waals surface area contributed by atoms with Crippen LogP contribution >= 0.6 is 0 Å². The highest BCUT2D eigenvalue weighted by Gasteiger charge is 2.32. The van der Waals surface area contributed by atoms with Gasteiger partial charge in [-0.2, -0.15) is 0 Å². The standard InChI is InChI=1S/C23H26N2O4/c1-23(2,3)22(29)24-12-15-8-10-16(11-9-15)20(26)25-13-17-6-4-5-7-18(17)19(14-25)21(27)28/h4-11,19H,12-14H2,1-3H3,(H,24,29)(H,27,28). The van der Waals surface area contributed by atoms with E-state index in [1.54, 1.807) is 17.0 Å². The molecule has 29 heavy (non-hydrogen) atoms. The molecule has 0 aromatic heterocycles. The lowest BCUT2D eigenvalue weighted by Gasteiger charge is -2.33. The van der Waals surface area contributed by atoms with E-state index < -0.39 is 17.3 Å². The Hall–Kier alpha value is -3.15. The molecule has 1 unspecified atom stereocenters. The number of carboxylic acids is 1. The SMILES string of the molecule is CC(C)(C)C(=O)NCc1ccc(C(=O)N2Cc3ccccc3C(C(=O)O)C2)cc1. The number of nitrogens with one attached hydrogen (secondary N) is 1. The maximum absolute atomic E-state index is 12.9. The molecule has 1 aliphatic heterocycles. The molecule has 2 N–H and O–H groups in total. The van der Waals surface area contributed by atoms with Crippen LogP contribution in [0.25, 0.3) is 0 Å². The third kappa shape index (κ3) is 4.65. The maximum atomic E-state index is 12.9. The van der Waals surface area contributed by atoms with Crippen LogP contribution < -0.4 is 5.32 Å². The van der Waals surface area contributed by atoms with Gasteiger partial charge in [0.25, 0.3) is 5.91 Å². The summed E-state index contributed by atoms with van der Waals surface area (Å²) in [5.41, 5.74) is 2.57. The van der Waals surface area contributed by atoms with Crippen molar-refractivity contribution < 1.29 is 19.5 Å². The molecule has 0 aliphatic carbocycles. The molecule has 3 rings (SSSR count). The number of amides is 2. The molecule has 0 saturated carbocycles. The van der Waals surface area contributed by atoms with Crippen LogP contribution in [0.4, 0.5) is 0 Å². The molecule has 0 radical (unpaired) electrons. The van der Waals surface area contributed by atoms with Gasteiger partial charge in [-0.25, -0.2) is 0 Å². The lowest BCUT2D eigenvalue weighted by Crippen LogP contribution is -2.40. The number of carbonyl (C=O) groups is 3. The van der Waals surface area contributed by atoms with Gasteiger partial charge in [-0.1, -0.05) is 57.2 Å². The molecule has 6 heteroatoms. The van der Waals surface area contributed by atoms with E-state index in [2.05, 4.69) is 5.32 Å². The second-order valence-electron chi connectivity index (χ2n) is 8.40. The molecule has 2 amide bonds. The van der Waals surface area contributed by atoms with Crippen LogP contribution in [0.5, 0.6) is 0 Å². The molecule has 6 nitrogen and oxygen atoms in total. The summed E-state index contributed by atoms with van der Waals surface area (Å²) >= 11 is 0. The molecule has 0 fully saturated rings. The molecule has 1 heterocycles. The number of rotatable bonds is 4. The molecular weight excluding hydrogens is 368 g/mol. The topological polar surface area (TPSA) is 86.7 Å². The summed E-state index contributed by atoms with van der Waals surface area (Å²) in [5, 5.41) is 12.5. The fourth-order valence-corrected chi connectivity index (χ4v) is 3.37. The highest BCUT2D eigenvalue weighted by Crippen LogP contribution is 2.29. The van der Waals surface area contributed by atoms with Gasteiger partial charge >= 0.3 is 5.97 Å². The molecule has 152 valence electrons. The van der Waals surface area contributed by atoms with Crippen LogP contribution in [0.3, 0.4) is 0 Å². The minimum Gasteiger partial charge on any atom is -0.481 e. The van der Waals surface area contributed by atoms with E-state index in [-0.39, 0.29) is 18.4 Å². The van der Waals surface area contributed by atoms with Crippen molar-refractivity contribution in [2.45, 2.75) is 39.8 Å². The van der Waals surface area contributed by atoms with Gasteiger partial charge in [0.15, 0.2) is 0 Å². The van der Waals surface area contributed by atoms with Gasteiger partial charge in [0.2, 0.25) is 5.91 Å². The Balaban J connectivity index is 1.71. The molecule has 2 aromatic carbocycles. The molecule has 0 bridgehead atoms. The average molecular weight is 394 g/mol. The van der Waals surface area contributed by atoms with Crippen LogP contribution in [-0.4, -0.2) is 34.3 Å². The third-order valence-electron chi connectivity index (χ3n) is 5.12. The molecule has 1 atom stereocenters. The summed E-state index contributed by atoms with van der Waals surface area (Å²) < 4.78 is 0. The summed E-state index contributed by atoms with van der Waals surface area (Å²) in [6.45, 7) is 6.49. The first kappa shape index (κ1) is 20.6. The number of hydrogen-bond acceptors (Lipinski definition) is 3. The monoisotopic (exact) mass is 394 g/mol. The van der Waals surface area contributed by atoms with Gasteiger partial charge in [0.1, 0.15) is 0 Å². The Kier molecular flexibility index (Phi) is 5.73. The van der Waals surface area contributed by atoms with E-state index >= 15 is 0 Å². The van der Waals surface area contributed by atoms with Crippen molar-refractivity contribution in [2.24, 2.45) is 5.41 Å². The summed E-state index contributed by atoms with van der Waals surface area (Å²) in [6.07, 6.45) is 0. The summed E-state index contributed by atoms with van der Waals surface area (Å²) in [7, 11) is 0. The number of fused-ring (bicyclic) bond motifs is 1. The van der Waals surface area contributed by atoms with E-state index in [1.165, 1.54) is 0 Å². The Morgan fingerprint density at radius 1 is 1.07 bits per heavy atom. The first-order valence-electron chi connectivity index (χ1n) is 9.64. The molecule has 0 saturated heterocycles. The van der Waals surface area contributed by atoms with Gasteiger partial charge in [-0.15, -0.1) is 0 Å². The van der Waals surface area contributed by atoms with Crippen LogP contribution in [-0.2, 0) is 22.7 Å². The fraction of sp³-hybridized carbons (Fsp3) is 0.348. The summed E-state index contributed by atoms with van der Waals surface area (Å²) in [4.78, 5) is 38.2. The number of aliphatic carboxylic acids is 1. The predicted octanol–water partition coefficient (Wildman–Crippen LogP) is 3.17. The van der Waals surface area contributed by atoms with Gasteiger partial charge in [0.05, 0.1) is 5.92 Å². The minimum absolute atomic E-state index is 0.0376. The molecule has 2 aromatic rings. The van der Waals surface area contributed by atoms with Crippen molar-refractivity contribution in [2.75, 3.05) is 6.54 Å². The highest BCUT2D eigenvalue weighted by atomic mass is 16.4. The minimum atomic E-state index is -0.931. The van der Waals surface area contributed by atoms with Crippen molar-refractivity contribution in [1.29, 1.82) is 0 Å². The van der Waals surface area contributed by atoms with Crippen LogP contribution in [0.2, 0.25) is 0 Å². The number of hydrogen-bond donors (Lipinski definition) is 2. The van der Waals surface area contributed by atoms with Gasteiger partial charge in [0, 0.05) is 30.6 Å². The van der Waals surface area contributed by atoms with Gasteiger partial charge in [-0.3, -0.25) is 14.4 Å². The third-order valence-corrected chi connectivity index (χ3v) is 5.12. The zero-order valence-corrected chi connectivity index (χ0v) is 16.9. The molecular formula is C23H26N2O4. The van der Waals surface area contributed by atoms with Crippen molar-refractivity contribution in [3.05, 3.63) is 70.8 Å². The average Bonchev–Trinajstić information content (AvgIpc) is 2.70. The Morgan fingerprint density at radius 3 is 2.34 bits per heavy atom. The molecule has 1 aliphatic rings. The smallest absolute Gasteiger partial charge is 0.312 e. The van der Waals surface area contributed by atoms with E-state index in [9.17, 15) is 19.5 Å². The number of carbonyl (C=O) groups excluding carboxylic acids is 2. The van der Waals surface area contributed by atoms with E-state index in [0.717, 1.165) is 16.7 Å². The quantitative estimate of drug-likeness (QED) is 0.834. The Morgan fingerprint density at radius 2 is 1.72 bits per heavy atom.